The zero-order valence-corrected chi connectivity index (χ0v) is 16.9. The van der Waals surface area contributed by atoms with Gasteiger partial charge in [-0.1, -0.05) is 13.8 Å². The van der Waals surface area contributed by atoms with Gasteiger partial charge in [0.1, 0.15) is 5.58 Å². The van der Waals surface area contributed by atoms with Gasteiger partial charge in [0.05, 0.1) is 12.7 Å². The van der Waals surface area contributed by atoms with E-state index in [1.807, 2.05) is 4.90 Å². The van der Waals surface area contributed by atoms with Gasteiger partial charge in [-0.3, -0.25) is 4.79 Å². The van der Waals surface area contributed by atoms with Crippen LogP contribution in [0.1, 0.15) is 36.5 Å². The summed E-state index contributed by atoms with van der Waals surface area (Å²) in [7, 11) is 3.49. The van der Waals surface area contributed by atoms with E-state index in [1.54, 1.807) is 30.2 Å². The summed E-state index contributed by atoms with van der Waals surface area (Å²) in [6.07, 6.45) is 2.03. The van der Waals surface area contributed by atoms with Crippen LogP contribution in [0.5, 0.6) is 0 Å². The number of hydrogen-bond acceptors (Lipinski definition) is 3. The van der Waals surface area contributed by atoms with Gasteiger partial charge in [0.25, 0.3) is 0 Å². The van der Waals surface area contributed by atoms with Crippen LogP contribution >= 0.6 is 0 Å². The topological polar surface area (TPSA) is 57.0 Å². The number of nitrogens with zero attached hydrogens (tertiary/aromatic N) is 3. The van der Waals surface area contributed by atoms with Gasteiger partial charge >= 0.3 is 6.03 Å². The summed E-state index contributed by atoms with van der Waals surface area (Å²) in [4.78, 5) is 30.0. The van der Waals surface area contributed by atoms with Gasteiger partial charge in [-0.15, -0.1) is 0 Å². The molecule has 1 saturated heterocycles. The fourth-order valence-electron chi connectivity index (χ4n) is 3.71. The van der Waals surface area contributed by atoms with E-state index in [9.17, 15) is 9.59 Å². The molecule has 0 radical (unpaired) electrons. The normalized spacial score (nSPS) is 14.9. The minimum Gasteiger partial charge on any atom is -0.464 e. The van der Waals surface area contributed by atoms with Crippen LogP contribution in [0.3, 0.4) is 0 Å². The molecule has 1 aromatic carbocycles. The Kier molecular flexibility index (Phi) is 5.44. The molecule has 0 N–H and O–H groups in total. The Hall–Kier alpha value is -2.50. The van der Waals surface area contributed by atoms with Crippen molar-refractivity contribution in [1.82, 2.24) is 14.7 Å². The van der Waals surface area contributed by atoms with Gasteiger partial charge in [-0.05, 0) is 36.1 Å². The number of amides is 3. The second-order valence-corrected chi connectivity index (χ2v) is 7.84. The quantitative estimate of drug-likeness (QED) is 0.832. The first-order valence-electron chi connectivity index (χ1n) is 9.52. The van der Waals surface area contributed by atoms with Gasteiger partial charge in [0.2, 0.25) is 5.91 Å². The van der Waals surface area contributed by atoms with Crippen molar-refractivity contribution < 1.29 is 14.0 Å². The molecule has 0 aliphatic carbocycles. The molecule has 1 aliphatic rings. The summed E-state index contributed by atoms with van der Waals surface area (Å²) >= 11 is 0. The number of furan rings is 1. The maximum Gasteiger partial charge on any atom is 0.319 e. The van der Waals surface area contributed by atoms with E-state index in [2.05, 4.69) is 32.9 Å². The van der Waals surface area contributed by atoms with Gasteiger partial charge < -0.3 is 19.1 Å². The largest absolute Gasteiger partial charge is 0.464 e. The molecule has 2 heterocycles. The van der Waals surface area contributed by atoms with E-state index < -0.39 is 0 Å². The number of fused-ring (bicyclic) bond motifs is 1. The molecule has 0 bridgehead atoms. The molecular weight excluding hydrogens is 342 g/mol. The van der Waals surface area contributed by atoms with Crippen molar-refractivity contribution in [2.75, 3.05) is 40.3 Å². The summed E-state index contributed by atoms with van der Waals surface area (Å²) < 4.78 is 5.70. The molecule has 6 heteroatoms. The Morgan fingerprint density at radius 2 is 1.74 bits per heavy atom. The van der Waals surface area contributed by atoms with Crippen LogP contribution in [0.25, 0.3) is 11.0 Å². The summed E-state index contributed by atoms with van der Waals surface area (Å²) in [5.74, 6) is 0.511. The van der Waals surface area contributed by atoms with E-state index in [4.69, 9.17) is 4.42 Å². The van der Waals surface area contributed by atoms with Gasteiger partial charge in [0.15, 0.2) is 0 Å². The number of piperazine rings is 1. The van der Waals surface area contributed by atoms with Crippen molar-refractivity contribution >= 4 is 22.9 Å². The number of carbonyl (C=O) groups excluding carboxylic acids is 2. The molecular formula is C21H29N3O3. The number of hydrogen-bond donors (Lipinski definition) is 0. The Morgan fingerprint density at radius 3 is 2.33 bits per heavy atom. The SMILES string of the molecule is Cc1cc2occ(CC(=O)N3CCN(C(=O)N(C)C)CC3)c2cc1C(C)C. The number of urea groups is 1. The van der Waals surface area contributed by atoms with Crippen molar-refractivity contribution in [3.8, 4) is 0 Å². The molecule has 1 aromatic heterocycles. The second-order valence-electron chi connectivity index (χ2n) is 7.84. The monoisotopic (exact) mass is 371 g/mol. The smallest absolute Gasteiger partial charge is 0.319 e. The number of rotatable bonds is 3. The first-order valence-corrected chi connectivity index (χ1v) is 9.52. The molecule has 27 heavy (non-hydrogen) atoms. The van der Waals surface area contributed by atoms with Crippen molar-refractivity contribution in [2.45, 2.75) is 33.1 Å². The lowest BCUT2D eigenvalue weighted by Crippen LogP contribution is -2.53. The zero-order valence-electron chi connectivity index (χ0n) is 16.9. The van der Waals surface area contributed by atoms with E-state index in [1.165, 1.54) is 11.1 Å². The minimum atomic E-state index is -0.000452. The van der Waals surface area contributed by atoms with Crippen LogP contribution in [0.2, 0.25) is 0 Å². The maximum absolute atomic E-state index is 12.8. The fourth-order valence-corrected chi connectivity index (χ4v) is 3.71. The van der Waals surface area contributed by atoms with Crippen LogP contribution in [-0.4, -0.2) is 66.9 Å². The third kappa shape index (κ3) is 3.94. The van der Waals surface area contributed by atoms with Crippen molar-refractivity contribution in [3.63, 3.8) is 0 Å². The number of aryl methyl sites for hydroxylation is 1. The lowest BCUT2D eigenvalue weighted by molar-refractivity contribution is -0.131. The molecule has 3 amide bonds. The minimum absolute atomic E-state index is 0.000452. The van der Waals surface area contributed by atoms with E-state index >= 15 is 0 Å². The molecule has 2 aromatic rings. The third-order valence-electron chi connectivity index (χ3n) is 5.29. The predicted octanol–water partition coefficient (Wildman–Crippen LogP) is 3.23. The first kappa shape index (κ1) is 19.3. The average Bonchev–Trinajstić information content (AvgIpc) is 3.01. The fraction of sp³-hybridized carbons (Fsp3) is 0.524. The predicted molar refractivity (Wildman–Crippen MR) is 106 cm³/mol. The van der Waals surface area contributed by atoms with E-state index in [-0.39, 0.29) is 11.9 Å². The molecule has 1 fully saturated rings. The molecule has 146 valence electrons. The van der Waals surface area contributed by atoms with E-state index in [0.717, 1.165) is 16.5 Å². The summed E-state index contributed by atoms with van der Waals surface area (Å²) in [5.41, 5.74) is 4.27. The second kappa shape index (κ2) is 7.62. The molecule has 1 aliphatic heterocycles. The van der Waals surface area contributed by atoms with Crippen molar-refractivity contribution in [3.05, 3.63) is 35.1 Å². The highest BCUT2D eigenvalue weighted by Gasteiger charge is 2.25. The number of benzene rings is 1. The molecule has 6 nitrogen and oxygen atoms in total. The summed E-state index contributed by atoms with van der Waals surface area (Å²) in [6.45, 7) is 8.74. The average molecular weight is 371 g/mol. The highest BCUT2D eigenvalue weighted by molar-refractivity contribution is 5.88. The van der Waals surface area contributed by atoms with Gasteiger partial charge in [0, 0.05) is 51.2 Å². The van der Waals surface area contributed by atoms with Crippen molar-refractivity contribution in [1.29, 1.82) is 0 Å². The Bertz CT molecular complexity index is 846. The zero-order chi connectivity index (χ0) is 19.7. The Labute approximate surface area is 160 Å². The van der Waals surface area contributed by atoms with Gasteiger partial charge in [-0.2, -0.15) is 0 Å². The highest BCUT2D eigenvalue weighted by Crippen LogP contribution is 2.29. The molecule has 0 spiro atoms. The van der Waals surface area contributed by atoms with Crippen LogP contribution in [0.15, 0.2) is 22.8 Å². The van der Waals surface area contributed by atoms with E-state index in [0.29, 0.717) is 38.5 Å². The molecule has 0 saturated carbocycles. The Balaban J connectivity index is 1.70. The lowest BCUT2D eigenvalue weighted by Gasteiger charge is -2.36. The molecule has 0 unspecified atom stereocenters. The maximum atomic E-state index is 12.8. The van der Waals surface area contributed by atoms with Gasteiger partial charge in [-0.25, -0.2) is 4.79 Å². The standard InChI is InChI=1S/C21H29N3O3/c1-14(2)17-12-18-16(13-27-19(18)10-15(17)3)11-20(25)23-6-8-24(9-7-23)21(26)22(4)5/h10,12-14H,6-9,11H2,1-5H3. The van der Waals surface area contributed by atoms with Crippen LogP contribution in [-0.2, 0) is 11.2 Å². The first-order chi connectivity index (χ1) is 12.8. The third-order valence-corrected chi connectivity index (χ3v) is 5.29. The van der Waals surface area contributed by atoms with Crippen molar-refractivity contribution in [2.24, 2.45) is 0 Å². The summed E-state index contributed by atoms with van der Waals surface area (Å²) in [6, 6.07) is 4.22. The summed E-state index contributed by atoms with van der Waals surface area (Å²) in [5, 5.41) is 1.03. The Morgan fingerprint density at radius 1 is 1.11 bits per heavy atom. The number of carbonyl (C=O) groups is 2. The van der Waals surface area contributed by atoms with Crippen LogP contribution < -0.4 is 0 Å². The highest BCUT2D eigenvalue weighted by atomic mass is 16.3. The van der Waals surface area contributed by atoms with Crippen LogP contribution in [0, 0.1) is 6.92 Å². The lowest BCUT2D eigenvalue weighted by atomic mass is 9.95. The molecule has 0 atom stereocenters. The van der Waals surface area contributed by atoms with Crippen LogP contribution in [0.4, 0.5) is 4.79 Å². The molecule has 3 rings (SSSR count).